The van der Waals surface area contributed by atoms with E-state index in [4.69, 9.17) is 37.4 Å². The number of nitrogens with one attached hydrogen (secondary N) is 2. The predicted octanol–water partition coefficient (Wildman–Crippen LogP) is 6.50. The molecule has 4 amide bonds. The quantitative estimate of drug-likeness (QED) is 0.207. The molecule has 5 rings (SSSR count). The van der Waals surface area contributed by atoms with Crippen LogP contribution in [0.1, 0.15) is 74.8 Å². The van der Waals surface area contributed by atoms with E-state index in [9.17, 15) is 22.8 Å². The average Bonchev–Trinajstić information content (AvgIpc) is 3.32. The highest BCUT2D eigenvalue weighted by Gasteiger charge is 2.65. The standard InChI is InChI=1S/C36H38Cl2FN3O9S.CH4/c1-6-35(7-2,32(44)41-52(5,47)48)51-29-13-10-21(37)16-25(29)27-19-30(43)40-31(24-18-23(39)11-8-20(24)3)36(27)26-12-9-22(38)17-28(26)42(33(36)45)34(46)50-15-14-49-4;/h8-13,16-18,27,31H,6-7,14-15,19H2,1-5H3,(H,40,43)(H,41,44);1H4/t27-,31+,36-;/m1./s1. The van der Waals surface area contributed by atoms with Crippen LogP contribution in [0.25, 0.3) is 0 Å². The van der Waals surface area contributed by atoms with Gasteiger partial charge in [-0.1, -0.05) is 56.6 Å². The molecule has 0 aliphatic carbocycles. The lowest BCUT2D eigenvalue weighted by molar-refractivity contribution is -0.136. The second-order valence-corrected chi connectivity index (χ2v) is 15.3. The van der Waals surface area contributed by atoms with E-state index >= 15 is 9.18 Å². The number of carbonyl (C=O) groups excluding carboxylic acids is 4. The average molecular weight is 795 g/mol. The second kappa shape index (κ2) is 16.0. The monoisotopic (exact) mass is 793 g/mol. The topological polar surface area (TPSA) is 157 Å². The van der Waals surface area contributed by atoms with E-state index in [0.29, 0.717) is 5.56 Å². The molecule has 2 aliphatic heterocycles. The SMILES string of the molecule is C.CCC(CC)(Oc1ccc(Cl)cc1[C@H]1CC(=O)N[C@@H](c2cc(F)ccc2C)[C@]12C(=O)N(C(=O)OCCOC)c1cc(Cl)ccc12)C(=O)NS(C)(=O)=O. The van der Waals surface area contributed by atoms with E-state index in [-0.39, 0.29) is 78.1 Å². The summed E-state index contributed by atoms with van der Waals surface area (Å²) < 4.78 is 58.3. The Hall–Kier alpha value is -4.24. The summed E-state index contributed by atoms with van der Waals surface area (Å²) in [7, 11) is -2.57. The summed E-state index contributed by atoms with van der Waals surface area (Å²) in [6.45, 7) is 4.84. The fourth-order valence-corrected chi connectivity index (χ4v) is 7.99. The van der Waals surface area contributed by atoms with Crippen LogP contribution in [0.3, 0.4) is 0 Å². The molecule has 3 aromatic carbocycles. The van der Waals surface area contributed by atoms with Crippen LogP contribution in [-0.4, -0.2) is 64.4 Å². The van der Waals surface area contributed by atoms with Crippen molar-refractivity contribution < 1.29 is 46.2 Å². The third kappa shape index (κ3) is 7.73. The van der Waals surface area contributed by atoms with Gasteiger partial charge in [-0.05, 0) is 78.9 Å². The van der Waals surface area contributed by atoms with Gasteiger partial charge in [-0.2, -0.15) is 0 Å². The molecule has 2 aliphatic rings. The first-order valence-electron chi connectivity index (χ1n) is 16.4. The summed E-state index contributed by atoms with van der Waals surface area (Å²) in [5.74, 6) is -4.06. The van der Waals surface area contributed by atoms with E-state index in [1.165, 1.54) is 55.6 Å². The molecule has 16 heteroatoms. The van der Waals surface area contributed by atoms with Crippen LogP contribution in [0.4, 0.5) is 14.9 Å². The number of halogens is 3. The fourth-order valence-electron chi connectivity index (χ4n) is 7.12. The Morgan fingerprint density at radius 3 is 2.32 bits per heavy atom. The van der Waals surface area contributed by atoms with Crippen LogP contribution in [0.15, 0.2) is 54.6 Å². The van der Waals surface area contributed by atoms with Gasteiger partial charge in [-0.25, -0.2) is 27.2 Å². The highest BCUT2D eigenvalue weighted by Crippen LogP contribution is 2.61. The zero-order valence-electron chi connectivity index (χ0n) is 29.0. The Morgan fingerprint density at radius 1 is 1.02 bits per heavy atom. The first-order chi connectivity index (χ1) is 24.5. The van der Waals surface area contributed by atoms with E-state index < -0.39 is 62.6 Å². The number of amides is 4. The number of rotatable bonds is 11. The predicted molar refractivity (Wildman–Crippen MR) is 198 cm³/mol. The van der Waals surface area contributed by atoms with Crippen molar-refractivity contribution in [3.8, 4) is 5.75 Å². The molecule has 0 aromatic heterocycles. The van der Waals surface area contributed by atoms with Crippen molar-refractivity contribution in [2.45, 2.75) is 70.4 Å². The zero-order valence-corrected chi connectivity index (χ0v) is 31.4. The molecule has 3 atom stereocenters. The zero-order chi connectivity index (χ0) is 38.2. The second-order valence-electron chi connectivity index (χ2n) is 12.7. The van der Waals surface area contributed by atoms with Crippen molar-refractivity contribution >= 4 is 62.7 Å². The number of imide groups is 1. The maximum Gasteiger partial charge on any atom is 0.421 e. The fraction of sp³-hybridized carbons (Fsp3) is 0.405. The Labute approximate surface area is 318 Å². The van der Waals surface area contributed by atoms with Gasteiger partial charge >= 0.3 is 6.09 Å². The molecule has 1 fully saturated rings. The maximum absolute atomic E-state index is 15.4. The van der Waals surface area contributed by atoms with Crippen LogP contribution < -0.4 is 19.7 Å². The van der Waals surface area contributed by atoms with Gasteiger partial charge in [0, 0.05) is 35.1 Å². The van der Waals surface area contributed by atoms with Crippen molar-refractivity contribution in [1.82, 2.24) is 10.0 Å². The van der Waals surface area contributed by atoms with Gasteiger partial charge in [0.15, 0.2) is 5.60 Å². The Kier molecular flexibility index (Phi) is 12.5. The molecule has 0 saturated carbocycles. The number of anilines is 1. The van der Waals surface area contributed by atoms with Crippen LogP contribution in [0.5, 0.6) is 5.75 Å². The van der Waals surface area contributed by atoms with E-state index in [1.54, 1.807) is 26.8 Å². The van der Waals surface area contributed by atoms with Gasteiger partial charge in [0.25, 0.3) is 5.91 Å². The minimum Gasteiger partial charge on any atom is -0.477 e. The number of hydrogen-bond acceptors (Lipinski definition) is 9. The molecule has 1 spiro atoms. The maximum atomic E-state index is 15.4. The summed E-state index contributed by atoms with van der Waals surface area (Å²) in [5, 5.41) is 3.28. The van der Waals surface area contributed by atoms with Crippen LogP contribution in [0.2, 0.25) is 10.0 Å². The molecule has 2 heterocycles. The van der Waals surface area contributed by atoms with Crippen molar-refractivity contribution in [3.05, 3.63) is 92.7 Å². The highest BCUT2D eigenvalue weighted by atomic mass is 35.5. The van der Waals surface area contributed by atoms with Gasteiger partial charge in [0.1, 0.15) is 23.6 Å². The minimum atomic E-state index is -3.99. The number of ether oxygens (including phenoxy) is 3. The lowest BCUT2D eigenvalue weighted by atomic mass is 9.58. The number of hydrogen-bond donors (Lipinski definition) is 2. The molecular weight excluding hydrogens is 752 g/mol. The molecule has 1 saturated heterocycles. The molecule has 0 radical (unpaired) electrons. The Morgan fingerprint density at radius 2 is 1.68 bits per heavy atom. The van der Waals surface area contributed by atoms with Crippen molar-refractivity contribution in [3.63, 3.8) is 0 Å². The van der Waals surface area contributed by atoms with E-state index in [0.717, 1.165) is 11.2 Å². The van der Waals surface area contributed by atoms with Crippen molar-refractivity contribution in [2.75, 3.05) is 31.5 Å². The molecule has 12 nitrogen and oxygen atoms in total. The molecule has 3 aromatic rings. The molecule has 286 valence electrons. The smallest absolute Gasteiger partial charge is 0.421 e. The summed E-state index contributed by atoms with van der Waals surface area (Å²) in [4.78, 5) is 57.3. The summed E-state index contributed by atoms with van der Waals surface area (Å²) in [6, 6.07) is 11.7. The largest absolute Gasteiger partial charge is 0.477 e. The molecule has 53 heavy (non-hydrogen) atoms. The Bertz CT molecular complexity index is 2040. The molecule has 0 unspecified atom stereocenters. The third-order valence-electron chi connectivity index (χ3n) is 9.64. The number of aryl methyl sites for hydroxylation is 1. The normalized spacial score (nSPS) is 19.7. The lowest BCUT2D eigenvalue weighted by Gasteiger charge is -2.47. The van der Waals surface area contributed by atoms with Crippen molar-refractivity contribution in [1.29, 1.82) is 0 Å². The first kappa shape index (κ1) is 41.5. The number of nitrogens with zero attached hydrogens (tertiary/aromatic N) is 1. The summed E-state index contributed by atoms with van der Waals surface area (Å²) in [5.41, 5.74) is -2.29. The van der Waals surface area contributed by atoms with Crippen LogP contribution in [-0.2, 0) is 39.3 Å². The number of benzene rings is 3. The number of carbonyl (C=O) groups is 4. The third-order valence-corrected chi connectivity index (χ3v) is 10.7. The van der Waals surface area contributed by atoms with E-state index in [2.05, 4.69) is 5.32 Å². The summed E-state index contributed by atoms with van der Waals surface area (Å²) in [6.07, 6.45) is -0.507. The van der Waals surface area contributed by atoms with E-state index in [1.807, 2.05) is 4.72 Å². The van der Waals surface area contributed by atoms with Gasteiger partial charge < -0.3 is 19.5 Å². The van der Waals surface area contributed by atoms with Crippen LogP contribution in [0, 0.1) is 12.7 Å². The van der Waals surface area contributed by atoms with Gasteiger partial charge in [0.2, 0.25) is 21.8 Å². The minimum absolute atomic E-state index is 0. The number of fused-ring (bicyclic) bond motifs is 2. The Balaban J connectivity index is 0.00000627. The molecule has 0 bridgehead atoms. The lowest BCUT2D eigenvalue weighted by Crippen LogP contribution is -2.59. The van der Waals surface area contributed by atoms with Crippen molar-refractivity contribution in [2.24, 2.45) is 0 Å². The summed E-state index contributed by atoms with van der Waals surface area (Å²) >= 11 is 13.0. The number of piperidine rings is 1. The number of sulfonamides is 1. The van der Waals surface area contributed by atoms with Gasteiger partial charge in [-0.15, -0.1) is 0 Å². The molecule has 2 N–H and O–H groups in total. The number of methoxy groups -OCH3 is 1. The first-order valence-corrected chi connectivity index (χ1v) is 19.0. The highest BCUT2D eigenvalue weighted by molar-refractivity contribution is 7.89. The van der Waals surface area contributed by atoms with Gasteiger partial charge in [0.05, 0.1) is 24.6 Å². The van der Waals surface area contributed by atoms with Crippen LogP contribution >= 0.6 is 23.2 Å². The van der Waals surface area contributed by atoms with Gasteiger partial charge in [-0.3, -0.25) is 14.4 Å². The molecular formula is C37H42Cl2FN3O9S.